The van der Waals surface area contributed by atoms with E-state index in [9.17, 15) is 4.79 Å². The molecule has 2 rings (SSSR count). The Bertz CT molecular complexity index is 497. The van der Waals surface area contributed by atoms with Crippen molar-refractivity contribution in [1.82, 2.24) is 0 Å². The van der Waals surface area contributed by atoms with E-state index in [0.717, 1.165) is 4.90 Å². The van der Waals surface area contributed by atoms with Crippen molar-refractivity contribution in [3.05, 3.63) is 54.6 Å². The first-order valence-electron chi connectivity index (χ1n) is 5.07. The smallest absolute Gasteiger partial charge is 0.410 e. The second-order valence-corrected chi connectivity index (χ2v) is 3.89. The second kappa shape index (κ2) is 5.41. The standard InChI is InChI=1S/C13H11NO2S/c15-13(16-11-4-2-1-3-5-11)14-10-6-8-12(17)9-7-10/h1-9,17H,(H,14,15). The highest BCUT2D eigenvalue weighted by Crippen LogP contribution is 2.13. The predicted octanol–water partition coefficient (Wildman–Crippen LogP) is 3.59. The van der Waals surface area contributed by atoms with Gasteiger partial charge in [0, 0.05) is 10.6 Å². The molecule has 4 heteroatoms. The van der Waals surface area contributed by atoms with Crippen molar-refractivity contribution in [2.24, 2.45) is 0 Å². The van der Waals surface area contributed by atoms with Crippen molar-refractivity contribution in [3.8, 4) is 5.75 Å². The third-order valence-corrected chi connectivity index (χ3v) is 2.37. The number of hydrogen-bond donors (Lipinski definition) is 2. The van der Waals surface area contributed by atoms with Crippen molar-refractivity contribution in [2.45, 2.75) is 4.90 Å². The van der Waals surface area contributed by atoms with Crippen LogP contribution in [0.2, 0.25) is 0 Å². The van der Waals surface area contributed by atoms with Gasteiger partial charge in [-0.05, 0) is 36.4 Å². The summed E-state index contributed by atoms with van der Waals surface area (Å²) in [5.41, 5.74) is 0.670. The second-order valence-electron chi connectivity index (χ2n) is 3.37. The molecule has 3 nitrogen and oxygen atoms in total. The molecule has 0 saturated heterocycles. The maximum absolute atomic E-state index is 11.5. The molecular formula is C13H11NO2S. The Kier molecular flexibility index (Phi) is 3.67. The number of thiol groups is 1. The number of para-hydroxylation sites is 1. The van der Waals surface area contributed by atoms with E-state index in [1.807, 2.05) is 6.07 Å². The molecule has 0 radical (unpaired) electrons. The van der Waals surface area contributed by atoms with E-state index in [0.29, 0.717) is 11.4 Å². The number of carbonyl (C=O) groups excluding carboxylic acids is 1. The van der Waals surface area contributed by atoms with Crippen molar-refractivity contribution in [2.75, 3.05) is 5.32 Å². The monoisotopic (exact) mass is 245 g/mol. The zero-order chi connectivity index (χ0) is 12.1. The number of benzene rings is 2. The van der Waals surface area contributed by atoms with Crippen LogP contribution < -0.4 is 10.1 Å². The molecule has 0 aliphatic rings. The third kappa shape index (κ3) is 3.53. The highest BCUT2D eigenvalue weighted by atomic mass is 32.1. The molecule has 0 heterocycles. The van der Waals surface area contributed by atoms with Gasteiger partial charge in [0.15, 0.2) is 0 Å². The Morgan fingerprint density at radius 1 is 1.00 bits per heavy atom. The van der Waals surface area contributed by atoms with Crippen molar-refractivity contribution >= 4 is 24.4 Å². The molecule has 0 aromatic heterocycles. The molecule has 1 N–H and O–H groups in total. The molecule has 2 aromatic rings. The molecule has 0 aliphatic carbocycles. The zero-order valence-corrected chi connectivity index (χ0v) is 9.85. The molecule has 0 aliphatic heterocycles. The quantitative estimate of drug-likeness (QED) is 0.793. The Balaban J connectivity index is 1.96. The Hall–Kier alpha value is -1.94. The average molecular weight is 245 g/mol. The molecule has 0 unspecified atom stereocenters. The first-order chi connectivity index (χ1) is 8.24. The molecule has 2 aromatic carbocycles. The van der Waals surface area contributed by atoms with Gasteiger partial charge in [0.1, 0.15) is 5.75 Å². The van der Waals surface area contributed by atoms with Crippen molar-refractivity contribution in [1.29, 1.82) is 0 Å². The molecule has 0 saturated carbocycles. The highest BCUT2D eigenvalue weighted by molar-refractivity contribution is 7.80. The first-order valence-corrected chi connectivity index (χ1v) is 5.52. The lowest BCUT2D eigenvalue weighted by Gasteiger charge is -2.06. The van der Waals surface area contributed by atoms with Gasteiger partial charge in [0.2, 0.25) is 0 Å². The van der Waals surface area contributed by atoms with Gasteiger partial charge < -0.3 is 4.74 Å². The van der Waals surface area contributed by atoms with Gasteiger partial charge in [0.25, 0.3) is 0 Å². The summed E-state index contributed by atoms with van der Waals surface area (Å²) in [7, 11) is 0. The summed E-state index contributed by atoms with van der Waals surface area (Å²) in [6.07, 6.45) is -0.511. The SMILES string of the molecule is O=C(Nc1ccc(S)cc1)Oc1ccccc1. The van der Waals surface area contributed by atoms with Crippen LogP contribution >= 0.6 is 12.6 Å². The molecule has 0 bridgehead atoms. The minimum Gasteiger partial charge on any atom is -0.410 e. The highest BCUT2D eigenvalue weighted by Gasteiger charge is 2.03. The Morgan fingerprint density at radius 2 is 1.65 bits per heavy atom. The van der Waals surface area contributed by atoms with E-state index in [1.165, 1.54) is 0 Å². The van der Waals surface area contributed by atoms with Crippen molar-refractivity contribution in [3.63, 3.8) is 0 Å². The summed E-state index contributed by atoms with van der Waals surface area (Å²) in [4.78, 5) is 12.4. The van der Waals surface area contributed by atoms with E-state index < -0.39 is 6.09 Å². The minimum atomic E-state index is -0.511. The number of nitrogens with one attached hydrogen (secondary N) is 1. The Labute approximate surface area is 105 Å². The van der Waals surface area contributed by atoms with Gasteiger partial charge in [-0.3, -0.25) is 5.32 Å². The zero-order valence-electron chi connectivity index (χ0n) is 8.96. The molecule has 0 fully saturated rings. The van der Waals surface area contributed by atoms with Crippen molar-refractivity contribution < 1.29 is 9.53 Å². The van der Waals surface area contributed by atoms with Gasteiger partial charge in [-0.25, -0.2) is 4.79 Å². The van der Waals surface area contributed by atoms with E-state index in [2.05, 4.69) is 17.9 Å². The lowest BCUT2D eigenvalue weighted by molar-refractivity contribution is 0.215. The lowest BCUT2D eigenvalue weighted by atomic mass is 10.3. The number of anilines is 1. The molecule has 0 spiro atoms. The fourth-order valence-corrected chi connectivity index (χ4v) is 1.43. The average Bonchev–Trinajstić information content (AvgIpc) is 2.33. The van der Waals surface area contributed by atoms with Gasteiger partial charge >= 0.3 is 6.09 Å². The van der Waals surface area contributed by atoms with Crippen LogP contribution in [0, 0.1) is 0 Å². The van der Waals surface area contributed by atoms with Gasteiger partial charge in [-0.1, -0.05) is 18.2 Å². The number of rotatable bonds is 2. The van der Waals surface area contributed by atoms with E-state index >= 15 is 0 Å². The van der Waals surface area contributed by atoms with Crippen LogP contribution in [0.4, 0.5) is 10.5 Å². The fraction of sp³-hybridized carbons (Fsp3) is 0. The van der Waals surface area contributed by atoms with Crippen LogP contribution in [0.15, 0.2) is 59.5 Å². The number of hydrogen-bond acceptors (Lipinski definition) is 3. The lowest BCUT2D eigenvalue weighted by Crippen LogP contribution is -2.16. The summed E-state index contributed by atoms with van der Waals surface area (Å²) in [6.45, 7) is 0. The van der Waals surface area contributed by atoms with E-state index in [4.69, 9.17) is 4.74 Å². The van der Waals surface area contributed by atoms with Crippen LogP contribution in [0.3, 0.4) is 0 Å². The largest absolute Gasteiger partial charge is 0.417 e. The van der Waals surface area contributed by atoms with E-state index in [1.54, 1.807) is 48.5 Å². The summed E-state index contributed by atoms with van der Waals surface area (Å²) in [6, 6.07) is 16.0. The number of amides is 1. The van der Waals surface area contributed by atoms with E-state index in [-0.39, 0.29) is 0 Å². The molecule has 17 heavy (non-hydrogen) atoms. The van der Waals surface area contributed by atoms with Crippen LogP contribution in [0.1, 0.15) is 0 Å². The Morgan fingerprint density at radius 3 is 2.29 bits per heavy atom. The van der Waals surface area contributed by atoms with Gasteiger partial charge in [-0.15, -0.1) is 12.6 Å². The summed E-state index contributed by atoms with van der Waals surface area (Å²) in [5, 5.41) is 2.62. The summed E-state index contributed by atoms with van der Waals surface area (Å²) in [5.74, 6) is 0.510. The fourth-order valence-electron chi connectivity index (χ4n) is 1.28. The molecule has 86 valence electrons. The molecular weight excluding hydrogens is 234 g/mol. The van der Waals surface area contributed by atoms with Crippen LogP contribution in [-0.4, -0.2) is 6.09 Å². The summed E-state index contributed by atoms with van der Waals surface area (Å²) >= 11 is 4.16. The third-order valence-electron chi connectivity index (χ3n) is 2.07. The first kappa shape index (κ1) is 11.5. The maximum atomic E-state index is 11.5. The molecule has 0 atom stereocenters. The number of carbonyl (C=O) groups is 1. The van der Waals surface area contributed by atoms with Crippen LogP contribution in [-0.2, 0) is 0 Å². The van der Waals surface area contributed by atoms with Crippen LogP contribution in [0.5, 0.6) is 5.75 Å². The number of ether oxygens (including phenoxy) is 1. The summed E-state index contributed by atoms with van der Waals surface area (Å²) < 4.78 is 5.08. The minimum absolute atomic E-state index is 0.510. The predicted molar refractivity (Wildman–Crippen MR) is 69.8 cm³/mol. The van der Waals surface area contributed by atoms with Crippen LogP contribution in [0.25, 0.3) is 0 Å². The normalized spacial score (nSPS) is 9.71. The maximum Gasteiger partial charge on any atom is 0.417 e. The van der Waals surface area contributed by atoms with Gasteiger partial charge in [0.05, 0.1) is 0 Å². The molecule has 1 amide bonds. The van der Waals surface area contributed by atoms with Gasteiger partial charge in [-0.2, -0.15) is 0 Å². The topological polar surface area (TPSA) is 38.3 Å².